The van der Waals surface area contributed by atoms with E-state index in [0.29, 0.717) is 0 Å². The molecular weight excluding hydrogens is 208 g/mol. The van der Waals surface area contributed by atoms with Crippen molar-refractivity contribution in [2.24, 2.45) is 5.92 Å². The van der Waals surface area contributed by atoms with E-state index in [0.717, 1.165) is 4.48 Å². The van der Waals surface area contributed by atoms with Crippen LogP contribution in [-0.2, 0) is 4.79 Å². The molecule has 0 aromatic rings. The molecule has 0 radical (unpaired) electrons. The molecule has 1 rings (SSSR count). The van der Waals surface area contributed by atoms with Gasteiger partial charge in [0.2, 0.25) is 0 Å². The molecule has 0 heterocycles. The molecule has 1 atom stereocenters. The number of allylic oxidation sites excluding steroid dienone is 4. The quantitative estimate of drug-likeness (QED) is 0.727. The van der Waals surface area contributed by atoms with Crippen LogP contribution in [0.4, 0.5) is 0 Å². The molecular formula is C8H7BrO2. The molecule has 0 fully saturated rings. The maximum atomic E-state index is 10.5. The van der Waals surface area contributed by atoms with Crippen molar-refractivity contribution in [3.05, 3.63) is 34.9 Å². The molecule has 3 heteroatoms. The van der Waals surface area contributed by atoms with Crippen LogP contribution in [-0.4, -0.2) is 11.1 Å². The molecule has 0 bridgehead atoms. The largest absolute Gasteiger partial charge is 0.481 e. The van der Waals surface area contributed by atoms with Crippen molar-refractivity contribution in [2.45, 2.75) is 0 Å². The van der Waals surface area contributed by atoms with Gasteiger partial charge in [-0.1, -0.05) is 40.2 Å². The van der Waals surface area contributed by atoms with Gasteiger partial charge in [0, 0.05) is 4.48 Å². The zero-order valence-corrected chi connectivity index (χ0v) is 7.28. The third-order valence-corrected chi connectivity index (χ3v) is 1.84. The van der Waals surface area contributed by atoms with Gasteiger partial charge in [0.1, 0.15) is 0 Å². The fraction of sp³-hybridized carbons (Fsp3) is 0.125. The van der Waals surface area contributed by atoms with Gasteiger partial charge in [-0.15, -0.1) is 0 Å². The van der Waals surface area contributed by atoms with Crippen LogP contribution in [0.5, 0.6) is 0 Å². The molecule has 0 amide bonds. The highest BCUT2D eigenvalue weighted by Gasteiger charge is 2.10. The van der Waals surface area contributed by atoms with E-state index in [9.17, 15) is 4.79 Å². The lowest BCUT2D eigenvalue weighted by Gasteiger charge is -1.98. The Labute approximate surface area is 73.0 Å². The highest BCUT2D eigenvalue weighted by Crippen LogP contribution is 2.15. The predicted molar refractivity (Wildman–Crippen MR) is 46.4 cm³/mol. The molecule has 0 aromatic carbocycles. The lowest BCUT2D eigenvalue weighted by atomic mass is 10.1. The topological polar surface area (TPSA) is 37.3 Å². The van der Waals surface area contributed by atoms with Gasteiger partial charge in [-0.2, -0.15) is 0 Å². The van der Waals surface area contributed by atoms with Gasteiger partial charge in [-0.05, 0) is 6.08 Å². The highest BCUT2D eigenvalue weighted by molar-refractivity contribution is 9.11. The molecule has 58 valence electrons. The smallest absolute Gasteiger partial charge is 0.314 e. The number of carboxylic acids is 1. The van der Waals surface area contributed by atoms with Crippen LogP contribution in [0.1, 0.15) is 0 Å². The van der Waals surface area contributed by atoms with E-state index in [2.05, 4.69) is 15.9 Å². The second-order valence-corrected chi connectivity index (χ2v) is 3.08. The van der Waals surface area contributed by atoms with Gasteiger partial charge in [0.15, 0.2) is 0 Å². The first-order chi connectivity index (χ1) is 5.20. The van der Waals surface area contributed by atoms with Crippen LogP contribution in [0.2, 0.25) is 0 Å². The zero-order chi connectivity index (χ0) is 8.27. The molecule has 1 aliphatic carbocycles. The third kappa shape index (κ3) is 2.35. The minimum atomic E-state index is -0.832. The van der Waals surface area contributed by atoms with Gasteiger partial charge >= 0.3 is 5.97 Å². The van der Waals surface area contributed by atoms with E-state index >= 15 is 0 Å². The van der Waals surface area contributed by atoms with Crippen molar-refractivity contribution in [1.82, 2.24) is 0 Å². The van der Waals surface area contributed by atoms with Crippen LogP contribution in [0.3, 0.4) is 0 Å². The van der Waals surface area contributed by atoms with Crippen molar-refractivity contribution in [2.75, 3.05) is 0 Å². The standard InChI is InChI=1S/C8H7BrO2/c9-7-4-2-1-3-6(5-7)8(10)11/h1-6H,(H,10,11). The Hall–Kier alpha value is -0.830. The van der Waals surface area contributed by atoms with Crippen molar-refractivity contribution in [3.8, 4) is 0 Å². The molecule has 0 aromatic heterocycles. The fourth-order valence-electron chi connectivity index (χ4n) is 0.768. The summed E-state index contributed by atoms with van der Waals surface area (Å²) in [5.41, 5.74) is 0. The van der Waals surface area contributed by atoms with E-state index in [1.54, 1.807) is 30.4 Å². The van der Waals surface area contributed by atoms with Crippen LogP contribution in [0, 0.1) is 5.92 Å². The number of halogens is 1. The SMILES string of the molecule is O=C(O)C1C=CC=CC(Br)=C1. The maximum Gasteiger partial charge on any atom is 0.314 e. The number of rotatable bonds is 1. The second kappa shape index (κ2) is 3.53. The Bertz CT molecular complexity index is 251. The van der Waals surface area contributed by atoms with E-state index in [1.807, 2.05) is 0 Å². The average Bonchev–Trinajstić information content (AvgIpc) is 2.13. The lowest BCUT2D eigenvalue weighted by Crippen LogP contribution is -2.07. The zero-order valence-electron chi connectivity index (χ0n) is 5.70. The van der Waals surface area contributed by atoms with Gasteiger partial charge in [0.05, 0.1) is 5.92 Å². The van der Waals surface area contributed by atoms with Crippen molar-refractivity contribution in [3.63, 3.8) is 0 Å². The molecule has 0 saturated heterocycles. The highest BCUT2D eigenvalue weighted by atomic mass is 79.9. The predicted octanol–water partition coefficient (Wildman–Crippen LogP) is 2.09. The summed E-state index contributed by atoms with van der Waals surface area (Å²) in [4.78, 5) is 10.5. The Kier molecular flexibility index (Phi) is 2.65. The number of hydrogen-bond acceptors (Lipinski definition) is 1. The van der Waals surface area contributed by atoms with Gasteiger partial charge < -0.3 is 5.11 Å². The summed E-state index contributed by atoms with van der Waals surface area (Å²) >= 11 is 3.22. The van der Waals surface area contributed by atoms with E-state index < -0.39 is 11.9 Å². The second-order valence-electron chi connectivity index (χ2n) is 2.16. The first-order valence-electron chi connectivity index (χ1n) is 3.15. The Balaban J connectivity index is 2.85. The van der Waals surface area contributed by atoms with E-state index in [-0.39, 0.29) is 0 Å². The number of hydrogen-bond donors (Lipinski definition) is 1. The Morgan fingerprint density at radius 2 is 2.27 bits per heavy atom. The van der Waals surface area contributed by atoms with Crippen LogP contribution in [0.25, 0.3) is 0 Å². The molecule has 0 spiro atoms. The van der Waals surface area contributed by atoms with Gasteiger partial charge in [-0.3, -0.25) is 4.79 Å². The lowest BCUT2D eigenvalue weighted by molar-refractivity contribution is -0.138. The van der Waals surface area contributed by atoms with Crippen molar-refractivity contribution in [1.29, 1.82) is 0 Å². The van der Waals surface area contributed by atoms with Crippen LogP contribution >= 0.6 is 15.9 Å². The molecule has 0 saturated carbocycles. The van der Waals surface area contributed by atoms with E-state index in [1.165, 1.54) is 0 Å². The summed E-state index contributed by atoms with van der Waals surface area (Å²) in [6, 6.07) is 0. The summed E-state index contributed by atoms with van der Waals surface area (Å²) < 4.78 is 0.801. The molecule has 1 aliphatic rings. The summed E-state index contributed by atoms with van der Waals surface area (Å²) in [6.07, 6.45) is 8.60. The van der Waals surface area contributed by atoms with Crippen LogP contribution in [0.15, 0.2) is 34.9 Å². The minimum absolute atomic E-state index is 0.514. The first-order valence-corrected chi connectivity index (χ1v) is 3.94. The van der Waals surface area contributed by atoms with Crippen LogP contribution < -0.4 is 0 Å². The summed E-state index contributed by atoms with van der Waals surface area (Å²) in [5.74, 6) is -1.35. The molecule has 2 nitrogen and oxygen atoms in total. The van der Waals surface area contributed by atoms with Crippen molar-refractivity contribution < 1.29 is 9.90 Å². The van der Waals surface area contributed by atoms with Gasteiger partial charge in [0.25, 0.3) is 0 Å². The summed E-state index contributed by atoms with van der Waals surface area (Å²) in [7, 11) is 0. The number of aliphatic carboxylic acids is 1. The molecule has 11 heavy (non-hydrogen) atoms. The number of carbonyl (C=O) groups is 1. The van der Waals surface area contributed by atoms with E-state index in [4.69, 9.17) is 5.11 Å². The molecule has 1 unspecified atom stereocenters. The Morgan fingerprint density at radius 1 is 1.55 bits per heavy atom. The first kappa shape index (κ1) is 8.27. The maximum absolute atomic E-state index is 10.5. The third-order valence-electron chi connectivity index (χ3n) is 1.31. The fourth-order valence-corrected chi connectivity index (χ4v) is 1.20. The Morgan fingerprint density at radius 3 is 2.91 bits per heavy atom. The molecule has 1 N–H and O–H groups in total. The monoisotopic (exact) mass is 214 g/mol. The minimum Gasteiger partial charge on any atom is -0.481 e. The van der Waals surface area contributed by atoms with Gasteiger partial charge in [-0.25, -0.2) is 0 Å². The molecule has 0 aliphatic heterocycles. The summed E-state index contributed by atoms with van der Waals surface area (Å²) in [5, 5.41) is 8.64. The van der Waals surface area contributed by atoms with Crippen molar-refractivity contribution >= 4 is 21.9 Å². The number of carboxylic acid groups (broad SMARTS) is 1. The average molecular weight is 215 g/mol. The normalized spacial score (nSPS) is 22.6. The summed E-state index contributed by atoms with van der Waals surface area (Å²) in [6.45, 7) is 0.